The van der Waals surface area contributed by atoms with Crippen LogP contribution in [0.25, 0.3) is 60.8 Å². The van der Waals surface area contributed by atoms with Gasteiger partial charge in [-0.25, -0.2) is 9.97 Å². The molecule has 0 bridgehead atoms. The standard InChI is InChI=1S/C51H31N5O.Pt/c1-3-14-35(15-4-1)42-24-11-25-43(36-16-5-2-6-17-36)48(42)55-34-54(47-29-28-37-18-7-8-23-44(37)49(47)55)38-19-9-21-40(32-38)57-41-22-10-20-39(33-41)56-50-45(26-12-30-52-50)46-27-13-31-53-51(46)56;/h1-31H;/q;+2. The number of fused-ring (bicyclic) bond motifs is 6. The number of benzene rings is 7. The van der Waals surface area contributed by atoms with Crippen LogP contribution in [0.1, 0.15) is 0 Å². The first-order chi connectivity index (χ1) is 28.3. The minimum Gasteiger partial charge on any atom is -0.509 e. The third-order valence-electron chi connectivity index (χ3n) is 10.5. The van der Waals surface area contributed by atoms with E-state index in [1.807, 2.05) is 53.1 Å². The van der Waals surface area contributed by atoms with E-state index in [1.165, 1.54) is 0 Å². The number of ether oxygens (including phenoxy) is 1. The first kappa shape index (κ1) is 35.2. The van der Waals surface area contributed by atoms with Gasteiger partial charge in [-0.15, -0.1) is 24.3 Å². The molecule has 58 heavy (non-hydrogen) atoms. The molecule has 3 aromatic heterocycles. The first-order valence-corrected chi connectivity index (χ1v) is 18.8. The topological polar surface area (TPSA) is 46.0 Å². The zero-order valence-electron chi connectivity index (χ0n) is 30.9. The Labute approximate surface area is 349 Å². The predicted octanol–water partition coefficient (Wildman–Crippen LogP) is 12.3. The van der Waals surface area contributed by atoms with Crippen molar-refractivity contribution in [2.75, 3.05) is 0 Å². The number of hydrogen-bond acceptors (Lipinski definition) is 3. The summed E-state index contributed by atoms with van der Waals surface area (Å²) in [4.78, 5) is 9.43. The second-order valence-corrected chi connectivity index (χ2v) is 13.8. The van der Waals surface area contributed by atoms with Crippen LogP contribution in [-0.2, 0) is 21.1 Å². The average molecular weight is 925 g/mol. The molecule has 0 spiro atoms. The number of nitrogens with zero attached hydrogens (tertiary/aromatic N) is 5. The zero-order valence-corrected chi connectivity index (χ0v) is 33.1. The molecular weight excluding hydrogens is 894 g/mol. The molecule has 274 valence electrons. The molecule has 11 rings (SSSR count). The molecule has 6 nitrogen and oxygen atoms in total. The Hall–Kier alpha value is -7.23. The maximum absolute atomic E-state index is 6.53. The van der Waals surface area contributed by atoms with Gasteiger partial charge in [0.25, 0.3) is 5.69 Å². The van der Waals surface area contributed by atoms with Crippen LogP contribution in [-0.4, -0.2) is 20.5 Å². The molecule has 0 N–H and O–H groups in total. The minimum atomic E-state index is 0. The van der Waals surface area contributed by atoms with Gasteiger partial charge in [0.05, 0.1) is 16.5 Å². The molecule has 7 heteroatoms. The predicted molar refractivity (Wildman–Crippen MR) is 230 cm³/mol. The van der Waals surface area contributed by atoms with Gasteiger partial charge in [0.2, 0.25) is 5.69 Å². The number of aromatic nitrogens is 3. The summed E-state index contributed by atoms with van der Waals surface area (Å²) in [6, 6.07) is 71.3. The summed E-state index contributed by atoms with van der Waals surface area (Å²) in [7, 11) is 0. The summed E-state index contributed by atoms with van der Waals surface area (Å²) in [6.45, 7) is 0. The molecule has 1 aliphatic rings. The molecule has 0 unspecified atom stereocenters. The fourth-order valence-electron chi connectivity index (χ4n) is 7.96. The fourth-order valence-corrected chi connectivity index (χ4v) is 7.96. The Balaban J connectivity index is 0.00000408. The van der Waals surface area contributed by atoms with E-state index in [0.717, 1.165) is 83.5 Å². The summed E-state index contributed by atoms with van der Waals surface area (Å²) < 4.78 is 12.9. The molecule has 0 saturated carbocycles. The van der Waals surface area contributed by atoms with Crippen LogP contribution in [0.3, 0.4) is 0 Å². The van der Waals surface area contributed by atoms with Crippen molar-refractivity contribution in [3.63, 3.8) is 0 Å². The molecule has 0 aliphatic carbocycles. The molecule has 0 amide bonds. The smallest absolute Gasteiger partial charge is 0.509 e. The molecule has 4 heterocycles. The van der Waals surface area contributed by atoms with E-state index in [1.54, 1.807) is 12.4 Å². The fraction of sp³-hybridized carbons (Fsp3) is 0. The van der Waals surface area contributed by atoms with E-state index in [9.17, 15) is 0 Å². The van der Waals surface area contributed by atoms with Crippen LogP contribution in [0.2, 0.25) is 0 Å². The second-order valence-electron chi connectivity index (χ2n) is 13.8. The normalized spacial score (nSPS) is 11.9. The van der Waals surface area contributed by atoms with Crippen molar-refractivity contribution in [1.29, 1.82) is 0 Å². The van der Waals surface area contributed by atoms with E-state index in [0.29, 0.717) is 11.5 Å². The van der Waals surface area contributed by atoms with E-state index in [2.05, 4.69) is 155 Å². The molecule has 0 radical (unpaired) electrons. The van der Waals surface area contributed by atoms with E-state index in [-0.39, 0.29) is 21.1 Å². The maximum Gasteiger partial charge on any atom is 2.00 e. The molecule has 0 saturated heterocycles. The Bertz CT molecular complexity index is 3150. The molecule has 1 aliphatic heterocycles. The van der Waals surface area contributed by atoms with Crippen molar-refractivity contribution >= 4 is 61.6 Å². The average Bonchev–Trinajstić information content (AvgIpc) is 3.84. The van der Waals surface area contributed by atoms with Crippen LogP contribution in [0.5, 0.6) is 11.5 Å². The Morgan fingerprint density at radius 2 is 1.07 bits per heavy atom. The summed E-state index contributed by atoms with van der Waals surface area (Å²) in [5.41, 5.74) is 10.7. The summed E-state index contributed by atoms with van der Waals surface area (Å²) >= 11 is 0. The maximum atomic E-state index is 6.53. The number of para-hydroxylation sites is 1. The SMILES string of the molecule is C1=[N+](c2[c-]c(Oc3[c-]c(-n4c5ncccc5c5cccnc54)ccc3)ccc2)c2ccc3ccccc3c2[N+]=1c1c(-c2ccccc2)cccc1-c1ccccc1.[Pt+2]. The molecule has 10 aromatic rings. The third kappa shape index (κ3) is 5.95. The summed E-state index contributed by atoms with van der Waals surface area (Å²) in [6.07, 6.45) is 3.60. The minimum absolute atomic E-state index is 0. The van der Waals surface area contributed by atoms with E-state index < -0.39 is 0 Å². The second kappa shape index (κ2) is 14.7. The van der Waals surface area contributed by atoms with Crippen LogP contribution in [0.15, 0.2) is 188 Å². The number of rotatable bonds is 7. The molecule has 0 fully saturated rings. The molecular formula is C51H31N5OPt+2. The van der Waals surface area contributed by atoms with Gasteiger partial charge in [0.15, 0.2) is 0 Å². The van der Waals surface area contributed by atoms with E-state index in [4.69, 9.17) is 14.7 Å². The van der Waals surface area contributed by atoms with Crippen molar-refractivity contribution in [2.24, 2.45) is 0 Å². The summed E-state index contributed by atoms with van der Waals surface area (Å²) in [5, 5.41) is 4.33. The number of pyridine rings is 2. The van der Waals surface area contributed by atoms with Crippen molar-refractivity contribution in [2.45, 2.75) is 0 Å². The third-order valence-corrected chi connectivity index (χ3v) is 10.5. The van der Waals surface area contributed by atoms with Crippen LogP contribution < -0.4 is 13.9 Å². The van der Waals surface area contributed by atoms with Crippen LogP contribution in [0.4, 0.5) is 22.7 Å². The molecule has 7 aromatic carbocycles. The quantitative estimate of drug-likeness (QED) is 0.118. The van der Waals surface area contributed by atoms with Gasteiger partial charge in [-0.1, -0.05) is 107 Å². The van der Waals surface area contributed by atoms with Gasteiger partial charge in [0, 0.05) is 40.7 Å². The Kier molecular flexibility index (Phi) is 8.91. The van der Waals surface area contributed by atoms with Gasteiger partial charge in [-0.3, -0.25) is 0 Å². The van der Waals surface area contributed by atoms with Crippen molar-refractivity contribution in [1.82, 2.24) is 23.7 Å². The van der Waals surface area contributed by atoms with Gasteiger partial charge < -0.3 is 9.30 Å². The van der Waals surface area contributed by atoms with Crippen molar-refractivity contribution in [3.05, 3.63) is 200 Å². The van der Waals surface area contributed by atoms with Crippen LogP contribution >= 0.6 is 0 Å². The van der Waals surface area contributed by atoms with Gasteiger partial charge in [-0.05, 0) is 69.6 Å². The largest absolute Gasteiger partial charge is 2.00 e. The van der Waals surface area contributed by atoms with Gasteiger partial charge in [0.1, 0.15) is 17.0 Å². The van der Waals surface area contributed by atoms with Gasteiger partial charge in [-0.2, -0.15) is 12.1 Å². The van der Waals surface area contributed by atoms with Crippen LogP contribution in [0, 0.1) is 12.1 Å². The molecule has 0 atom stereocenters. The number of hydrogen-bond donors (Lipinski definition) is 0. The van der Waals surface area contributed by atoms with Crippen molar-refractivity contribution < 1.29 is 25.8 Å². The first-order valence-electron chi connectivity index (χ1n) is 18.8. The summed E-state index contributed by atoms with van der Waals surface area (Å²) in [5.74, 6) is 1.10. The van der Waals surface area contributed by atoms with Gasteiger partial charge >= 0.3 is 32.8 Å². The monoisotopic (exact) mass is 924 g/mol. The van der Waals surface area contributed by atoms with E-state index >= 15 is 0 Å². The Morgan fingerprint density at radius 3 is 1.76 bits per heavy atom. The zero-order chi connectivity index (χ0) is 37.7. The Morgan fingerprint density at radius 1 is 0.483 bits per heavy atom. The van der Waals surface area contributed by atoms with Crippen molar-refractivity contribution in [3.8, 4) is 39.4 Å².